The maximum atomic E-state index is 13.3. The van der Waals surface area contributed by atoms with Gasteiger partial charge in [0.2, 0.25) is 5.91 Å². The second-order valence-electron chi connectivity index (χ2n) is 8.22. The molecule has 5 fully saturated rings. The van der Waals surface area contributed by atoms with Crippen molar-refractivity contribution >= 4 is 18.3 Å². The van der Waals surface area contributed by atoms with Crippen LogP contribution >= 0.6 is 12.4 Å². The van der Waals surface area contributed by atoms with Crippen LogP contribution in [-0.2, 0) is 4.79 Å². The van der Waals surface area contributed by atoms with Crippen molar-refractivity contribution < 1.29 is 4.79 Å². The van der Waals surface area contributed by atoms with Gasteiger partial charge in [-0.1, -0.05) is 0 Å². The lowest BCUT2D eigenvalue weighted by molar-refractivity contribution is -0.153. The van der Waals surface area contributed by atoms with Crippen molar-refractivity contribution in [2.75, 3.05) is 13.1 Å². The molecule has 2 N–H and O–H groups in total. The molecule has 0 aromatic carbocycles. The summed E-state index contributed by atoms with van der Waals surface area (Å²) in [6.45, 7) is 1.71. The first-order valence-electron chi connectivity index (χ1n) is 9.26. The molecule has 126 valence electrons. The molecule has 1 amide bonds. The number of piperidine rings is 1. The number of hydrogen-bond donors (Lipinski definition) is 1. The smallest absolute Gasteiger partial charge is 0.226 e. The number of amides is 1. The quantitative estimate of drug-likeness (QED) is 0.865. The Kier molecular flexibility index (Phi) is 5.04. The summed E-state index contributed by atoms with van der Waals surface area (Å²) in [6.07, 6.45) is 11.5. The normalized spacial score (nSPS) is 43.0. The Labute approximate surface area is 140 Å². The summed E-state index contributed by atoms with van der Waals surface area (Å²) in [5.74, 6) is 4.23. The van der Waals surface area contributed by atoms with Gasteiger partial charge in [-0.3, -0.25) is 4.79 Å². The maximum Gasteiger partial charge on any atom is 0.226 e. The number of nitrogens with two attached hydrogens (primary N) is 1. The van der Waals surface area contributed by atoms with Gasteiger partial charge in [-0.2, -0.15) is 0 Å². The lowest BCUT2D eigenvalue weighted by Crippen LogP contribution is -2.55. The third-order valence-electron chi connectivity index (χ3n) is 6.92. The standard InChI is InChI=1S/C18H30N2O.ClH/c19-5-4-16-3-1-2-6-20(16)18(21)17-14-8-12-7-13(10-14)11-15(17)9-12;/h12-17H,1-11,19H2;1H. The molecule has 1 heterocycles. The minimum Gasteiger partial charge on any atom is -0.339 e. The molecule has 4 aliphatic carbocycles. The number of carbonyl (C=O) groups excluding carboxylic acids is 1. The summed E-state index contributed by atoms with van der Waals surface area (Å²) in [4.78, 5) is 15.5. The summed E-state index contributed by atoms with van der Waals surface area (Å²) < 4.78 is 0. The van der Waals surface area contributed by atoms with Crippen LogP contribution in [0.2, 0.25) is 0 Å². The lowest BCUT2D eigenvalue weighted by Gasteiger charge is -2.55. The topological polar surface area (TPSA) is 46.3 Å². The first kappa shape index (κ1) is 16.6. The van der Waals surface area contributed by atoms with E-state index in [4.69, 9.17) is 5.73 Å². The van der Waals surface area contributed by atoms with Crippen molar-refractivity contribution in [3.8, 4) is 0 Å². The molecule has 5 rings (SSSR count). The van der Waals surface area contributed by atoms with E-state index in [2.05, 4.69) is 4.90 Å². The zero-order valence-corrected chi connectivity index (χ0v) is 14.4. The Bertz CT molecular complexity index is 384. The number of halogens is 1. The fraction of sp³-hybridized carbons (Fsp3) is 0.944. The molecule has 4 bridgehead atoms. The highest BCUT2D eigenvalue weighted by Crippen LogP contribution is 2.57. The van der Waals surface area contributed by atoms with Crippen LogP contribution in [0.3, 0.4) is 0 Å². The van der Waals surface area contributed by atoms with Crippen LogP contribution in [0.15, 0.2) is 0 Å². The van der Waals surface area contributed by atoms with Gasteiger partial charge in [-0.15, -0.1) is 12.4 Å². The van der Waals surface area contributed by atoms with Crippen molar-refractivity contribution in [1.82, 2.24) is 4.90 Å². The summed E-state index contributed by atoms with van der Waals surface area (Å²) in [5, 5.41) is 0. The first-order chi connectivity index (χ1) is 10.3. The Morgan fingerprint density at radius 2 is 1.64 bits per heavy atom. The van der Waals surface area contributed by atoms with Crippen molar-refractivity contribution in [3.63, 3.8) is 0 Å². The molecule has 3 nitrogen and oxygen atoms in total. The summed E-state index contributed by atoms with van der Waals surface area (Å²) in [7, 11) is 0. The maximum absolute atomic E-state index is 13.3. The van der Waals surface area contributed by atoms with Crippen molar-refractivity contribution in [2.45, 2.75) is 63.8 Å². The molecule has 1 atom stereocenters. The van der Waals surface area contributed by atoms with Crippen LogP contribution in [0.4, 0.5) is 0 Å². The highest BCUT2D eigenvalue weighted by molar-refractivity contribution is 5.85. The number of likely N-dealkylation sites (tertiary alicyclic amines) is 1. The predicted molar refractivity (Wildman–Crippen MR) is 90.8 cm³/mol. The second-order valence-corrected chi connectivity index (χ2v) is 8.22. The summed E-state index contributed by atoms with van der Waals surface area (Å²) in [6, 6.07) is 0.438. The molecule has 5 aliphatic rings. The number of carbonyl (C=O) groups is 1. The van der Waals surface area contributed by atoms with Crippen LogP contribution < -0.4 is 5.73 Å². The lowest BCUT2D eigenvalue weighted by atomic mass is 9.51. The zero-order chi connectivity index (χ0) is 14.4. The fourth-order valence-corrected chi connectivity index (χ4v) is 6.30. The Morgan fingerprint density at radius 3 is 2.23 bits per heavy atom. The molecule has 0 spiro atoms. The van der Waals surface area contributed by atoms with E-state index in [1.165, 1.54) is 51.4 Å². The van der Waals surface area contributed by atoms with Gasteiger partial charge in [0.25, 0.3) is 0 Å². The largest absolute Gasteiger partial charge is 0.339 e. The van der Waals surface area contributed by atoms with E-state index in [0.29, 0.717) is 29.7 Å². The number of nitrogens with zero attached hydrogens (tertiary/aromatic N) is 1. The van der Waals surface area contributed by atoms with Crippen LogP contribution in [0.25, 0.3) is 0 Å². The van der Waals surface area contributed by atoms with E-state index < -0.39 is 0 Å². The molecule has 1 saturated heterocycles. The van der Waals surface area contributed by atoms with Gasteiger partial charge < -0.3 is 10.6 Å². The van der Waals surface area contributed by atoms with E-state index >= 15 is 0 Å². The SMILES string of the molecule is Cl.NCCC1CCCCN1C(=O)C1C2CC3CC(C2)CC1C3. The minimum atomic E-state index is 0. The molecule has 0 aromatic rings. The van der Waals surface area contributed by atoms with Gasteiger partial charge in [0.15, 0.2) is 0 Å². The monoisotopic (exact) mass is 326 g/mol. The minimum absolute atomic E-state index is 0. The molecule has 0 radical (unpaired) electrons. The molecule has 1 aliphatic heterocycles. The molecule has 22 heavy (non-hydrogen) atoms. The fourth-order valence-electron chi connectivity index (χ4n) is 6.30. The predicted octanol–water partition coefficient (Wildman–Crippen LogP) is 3.21. The van der Waals surface area contributed by atoms with Gasteiger partial charge in [-0.25, -0.2) is 0 Å². The molecule has 1 unspecified atom stereocenters. The van der Waals surface area contributed by atoms with Gasteiger partial charge in [-0.05, 0) is 88.0 Å². The number of hydrogen-bond acceptors (Lipinski definition) is 2. The van der Waals surface area contributed by atoms with E-state index in [0.717, 1.165) is 31.3 Å². The van der Waals surface area contributed by atoms with Crippen LogP contribution in [-0.4, -0.2) is 29.9 Å². The van der Waals surface area contributed by atoms with Crippen LogP contribution in [0, 0.1) is 29.6 Å². The van der Waals surface area contributed by atoms with Crippen molar-refractivity contribution in [2.24, 2.45) is 35.3 Å². The Hall–Kier alpha value is -0.280. The molecular formula is C18H31ClN2O. The summed E-state index contributed by atoms with van der Waals surface area (Å²) >= 11 is 0. The molecule has 4 saturated carbocycles. The van der Waals surface area contributed by atoms with Crippen LogP contribution in [0.1, 0.15) is 57.8 Å². The average Bonchev–Trinajstić information content (AvgIpc) is 2.47. The summed E-state index contributed by atoms with van der Waals surface area (Å²) in [5.41, 5.74) is 5.78. The van der Waals surface area contributed by atoms with Gasteiger partial charge >= 0.3 is 0 Å². The number of rotatable bonds is 3. The Balaban J connectivity index is 0.00000144. The highest BCUT2D eigenvalue weighted by Gasteiger charge is 2.52. The van der Waals surface area contributed by atoms with Gasteiger partial charge in [0.05, 0.1) is 0 Å². The van der Waals surface area contributed by atoms with E-state index in [1.807, 2.05) is 0 Å². The zero-order valence-electron chi connectivity index (χ0n) is 13.6. The molecule has 0 aromatic heterocycles. The molecule has 4 heteroatoms. The third kappa shape index (κ3) is 2.80. The van der Waals surface area contributed by atoms with E-state index in [9.17, 15) is 4.79 Å². The van der Waals surface area contributed by atoms with E-state index in [1.54, 1.807) is 0 Å². The second kappa shape index (κ2) is 6.68. The van der Waals surface area contributed by atoms with Crippen molar-refractivity contribution in [1.29, 1.82) is 0 Å². The molecular weight excluding hydrogens is 296 g/mol. The first-order valence-corrected chi connectivity index (χ1v) is 9.26. The van der Waals surface area contributed by atoms with Gasteiger partial charge in [0, 0.05) is 18.5 Å². The Morgan fingerprint density at radius 1 is 1.00 bits per heavy atom. The van der Waals surface area contributed by atoms with Gasteiger partial charge in [0.1, 0.15) is 0 Å². The van der Waals surface area contributed by atoms with Crippen LogP contribution in [0.5, 0.6) is 0 Å². The van der Waals surface area contributed by atoms with E-state index in [-0.39, 0.29) is 12.4 Å². The average molecular weight is 327 g/mol. The highest BCUT2D eigenvalue weighted by atomic mass is 35.5. The third-order valence-corrected chi connectivity index (χ3v) is 6.92. The van der Waals surface area contributed by atoms with Crippen molar-refractivity contribution in [3.05, 3.63) is 0 Å².